The third kappa shape index (κ3) is 3.48. The number of hydrogen-bond donors (Lipinski definition) is 0. The number of aldehydes is 1. The first-order chi connectivity index (χ1) is 9.81. The summed E-state index contributed by atoms with van der Waals surface area (Å²) >= 11 is 0. The van der Waals surface area contributed by atoms with Gasteiger partial charge in [-0.2, -0.15) is 0 Å². The Hall–Kier alpha value is -2.16. The number of carbonyl (C=O) groups excluding carboxylic acids is 1. The fraction of sp³-hybridized carbons (Fsp3) is 0.278. The highest BCUT2D eigenvalue weighted by molar-refractivity contribution is 5.79. The van der Waals surface area contributed by atoms with Gasteiger partial charge >= 0.3 is 0 Å². The second-order valence-electron chi connectivity index (χ2n) is 6.15. The number of aryl methyl sites for hydroxylation is 1. The van der Waals surface area contributed by atoms with E-state index >= 15 is 0 Å². The van der Waals surface area contributed by atoms with Crippen molar-refractivity contribution in [3.05, 3.63) is 58.9 Å². The van der Waals surface area contributed by atoms with Gasteiger partial charge in [0, 0.05) is 5.56 Å². The van der Waals surface area contributed by atoms with E-state index in [0.29, 0.717) is 17.8 Å². The predicted octanol–water partition coefficient (Wildman–Crippen LogP) is 5.04. The third-order valence-corrected chi connectivity index (χ3v) is 3.26. The Morgan fingerprint density at radius 1 is 1.05 bits per heavy atom. The average molecular weight is 286 g/mol. The molecule has 0 amide bonds. The maximum atomic E-state index is 13.2. The summed E-state index contributed by atoms with van der Waals surface area (Å²) in [4.78, 5) is 11.1. The van der Waals surface area contributed by atoms with E-state index in [9.17, 15) is 9.18 Å². The molecular formula is C18H19FO2. The van der Waals surface area contributed by atoms with Gasteiger partial charge in [0.2, 0.25) is 0 Å². The Balaban J connectivity index is 2.47. The molecule has 0 saturated carbocycles. The van der Waals surface area contributed by atoms with Crippen molar-refractivity contribution in [2.75, 3.05) is 0 Å². The Kier molecular flexibility index (Phi) is 4.12. The molecular weight excluding hydrogens is 267 g/mol. The molecule has 0 bridgehead atoms. The fourth-order valence-electron chi connectivity index (χ4n) is 2.14. The number of halogens is 1. The van der Waals surface area contributed by atoms with Gasteiger partial charge < -0.3 is 4.74 Å². The molecule has 0 heterocycles. The monoisotopic (exact) mass is 286 g/mol. The molecule has 0 aromatic heterocycles. The molecule has 0 radical (unpaired) electrons. The molecule has 0 aliphatic carbocycles. The van der Waals surface area contributed by atoms with Crippen LogP contribution >= 0.6 is 0 Å². The van der Waals surface area contributed by atoms with Crippen LogP contribution in [-0.4, -0.2) is 6.29 Å². The summed E-state index contributed by atoms with van der Waals surface area (Å²) in [6.07, 6.45) is 0.601. The summed E-state index contributed by atoms with van der Waals surface area (Å²) in [7, 11) is 0. The lowest BCUT2D eigenvalue weighted by Gasteiger charge is -2.23. The number of rotatable bonds is 3. The van der Waals surface area contributed by atoms with Crippen LogP contribution in [0.25, 0.3) is 0 Å². The number of hydrogen-bond acceptors (Lipinski definition) is 2. The maximum absolute atomic E-state index is 13.2. The number of benzene rings is 2. The summed E-state index contributed by atoms with van der Waals surface area (Å²) in [6, 6.07) is 9.84. The van der Waals surface area contributed by atoms with E-state index in [4.69, 9.17) is 4.74 Å². The molecule has 2 nitrogen and oxygen atoms in total. The minimum absolute atomic E-state index is 0.0945. The van der Waals surface area contributed by atoms with Gasteiger partial charge in [-0.25, -0.2) is 4.39 Å². The molecule has 0 spiro atoms. The van der Waals surface area contributed by atoms with E-state index in [1.54, 1.807) is 0 Å². The van der Waals surface area contributed by atoms with Crippen LogP contribution in [0.4, 0.5) is 4.39 Å². The second-order valence-corrected chi connectivity index (χ2v) is 6.15. The molecule has 110 valence electrons. The lowest BCUT2D eigenvalue weighted by molar-refractivity contribution is 0.112. The molecule has 0 unspecified atom stereocenters. The first-order valence-corrected chi connectivity index (χ1v) is 6.85. The SMILES string of the molecule is Cc1ccc(Oc2ccc(F)cc2C=O)c(C(C)(C)C)c1. The summed E-state index contributed by atoms with van der Waals surface area (Å²) in [5, 5.41) is 0. The van der Waals surface area contributed by atoms with Gasteiger partial charge in [0.05, 0.1) is 5.56 Å². The zero-order chi connectivity index (χ0) is 15.6. The standard InChI is InChI=1S/C18H19FO2/c1-12-5-7-17(15(9-12)18(2,3)4)21-16-8-6-14(19)10-13(16)11-20/h5-11H,1-4H3. The van der Waals surface area contributed by atoms with Crippen LogP contribution < -0.4 is 4.74 Å². The van der Waals surface area contributed by atoms with Crippen LogP contribution in [0.3, 0.4) is 0 Å². The topological polar surface area (TPSA) is 26.3 Å². The Morgan fingerprint density at radius 2 is 1.71 bits per heavy atom. The molecule has 2 aromatic carbocycles. The third-order valence-electron chi connectivity index (χ3n) is 3.26. The van der Waals surface area contributed by atoms with Crippen molar-refractivity contribution in [1.82, 2.24) is 0 Å². The number of ether oxygens (including phenoxy) is 1. The summed E-state index contributed by atoms with van der Waals surface area (Å²) in [5.74, 6) is 0.591. The normalized spacial score (nSPS) is 11.3. The first-order valence-electron chi connectivity index (χ1n) is 6.85. The quantitative estimate of drug-likeness (QED) is 0.739. The minimum Gasteiger partial charge on any atom is -0.456 e. The summed E-state index contributed by atoms with van der Waals surface area (Å²) in [5.41, 5.74) is 2.30. The van der Waals surface area contributed by atoms with E-state index in [-0.39, 0.29) is 11.0 Å². The van der Waals surface area contributed by atoms with Crippen molar-refractivity contribution in [2.45, 2.75) is 33.1 Å². The average Bonchev–Trinajstić information content (AvgIpc) is 2.41. The van der Waals surface area contributed by atoms with Crippen LogP contribution in [0.15, 0.2) is 36.4 Å². The molecule has 2 aromatic rings. The van der Waals surface area contributed by atoms with E-state index in [0.717, 1.165) is 11.1 Å². The van der Waals surface area contributed by atoms with E-state index in [1.807, 2.05) is 19.1 Å². The molecule has 2 rings (SSSR count). The molecule has 0 atom stereocenters. The van der Waals surface area contributed by atoms with Gasteiger partial charge in [-0.05, 0) is 36.6 Å². The zero-order valence-electron chi connectivity index (χ0n) is 12.7. The largest absolute Gasteiger partial charge is 0.456 e. The molecule has 0 aliphatic rings. The molecule has 21 heavy (non-hydrogen) atoms. The highest BCUT2D eigenvalue weighted by Crippen LogP contribution is 2.35. The highest BCUT2D eigenvalue weighted by atomic mass is 19.1. The van der Waals surface area contributed by atoms with Crippen molar-refractivity contribution < 1.29 is 13.9 Å². The maximum Gasteiger partial charge on any atom is 0.153 e. The molecule has 0 aliphatic heterocycles. The lowest BCUT2D eigenvalue weighted by Crippen LogP contribution is -2.13. The van der Waals surface area contributed by atoms with Crippen molar-refractivity contribution in [2.24, 2.45) is 0 Å². The van der Waals surface area contributed by atoms with E-state index in [1.165, 1.54) is 18.2 Å². The predicted molar refractivity (Wildman–Crippen MR) is 81.7 cm³/mol. The Morgan fingerprint density at radius 3 is 2.33 bits per heavy atom. The first kappa shape index (κ1) is 15.2. The zero-order valence-corrected chi connectivity index (χ0v) is 12.7. The molecule has 0 saturated heterocycles. The van der Waals surface area contributed by atoms with E-state index < -0.39 is 5.82 Å². The Labute approximate surface area is 124 Å². The van der Waals surface area contributed by atoms with Gasteiger partial charge in [-0.15, -0.1) is 0 Å². The van der Waals surface area contributed by atoms with Crippen molar-refractivity contribution in [3.8, 4) is 11.5 Å². The highest BCUT2D eigenvalue weighted by Gasteiger charge is 2.20. The molecule has 0 fully saturated rings. The van der Waals surface area contributed by atoms with Crippen LogP contribution in [0.2, 0.25) is 0 Å². The van der Waals surface area contributed by atoms with Crippen LogP contribution in [0, 0.1) is 12.7 Å². The van der Waals surface area contributed by atoms with Crippen LogP contribution in [-0.2, 0) is 5.41 Å². The number of carbonyl (C=O) groups is 1. The minimum atomic E-state index is -0.454. The second kappa shape index (κ2) is 5.68. The van der Waals surface area contributed by atoms with Crippen molar-refractivity contribution in [1.29, 1.82) is 0 Å². The van der Waals surface area contributed by atoms with Gasteiger partial charge in [0.15, 0.2) is 6.29 Å². The van der Waals surface area contributed by atoms with Crippen molar-refractivity contribution >= 4 is 6.29 Å². The van der Waals surface area contributed by atoms with Crippen LogP contribution in [0.5, 0.6) is 11.5 Å². The van der Waals surface area contributed by atoms with Gasteiger partial charge in [-0.3, -0.25) is 4.79 Å². The summed E-state index contributed by atoms with van der Waals surface area (Å²) < 4.78 is 19.1. The van der Waals surface area contributed by atoms with Gasteiger partial charge in [0.25, 0.3) is 0 Å². The van der Waals surface area contributed by atoms with Crippen molar-refractivity contribution in [3.63, 3.8) is 0 Å². The van der Waals surface area contributed by atoms with Crippen LogP contribution in [0.1, 0.15) is 42.3 Å². The Bertz CT molecular complexity index is 669. The van der Waals surface area contributed by atoms with Gasteiger partial charge in [-0.1, -0.05) is 38.5 Å². The van der Waals surface area contributed by atoms with Gasteiger partial charge in [0.1, 0.15) is 17.3 Å². The molecule has 0 N–H and O–H groups in total. The summed E-state index contributed by atoms with van der Waals surface area (Å²) in [6.45, 7) is 8.31. The van der Waals surface area contributed by atoms with E-state index in [2.05, 4.69) is 26.8 Å². The fourth-order valence-corrected chi connectivity index (χ4v) is 2.14. The lowest BCUT2D eigenvalue weighted by atomic mass is 9.85. The smallest absolute Gasteiger partial charge is 0.153 e. The molecule has 3 heteroatoms.